The number of hydrogen-bond acceptors (Lipinski definition) is 3. The molecule has 1 aromatic rings. The summed E-state index contributed by atoms with van der Waals surface area (Å²) < 4.78 is 11.0. The Labute approximate surface area is 138 Å². The molecule has 1 aromatic carbocycles. The first kappa shape index (κ1) is 17.0. The summed E-state index contributed by atoms with van der Waals surface area (Å²) in [5, 5.41) is 7.06. The van der Waals surface area contributed by atoms with Crippen LogP contribution in [0.1, 0.15) is 39.2 Å². The van der Waals surface area contributed by atoms with Crippen LogP contribution in [0.5, 0.6) is 5.75 Å². The van der Waals surface area contributed by atoms with E-state index < -0.39 is 0 Å². The van der Waals surface area contributed by atoms with Crippen LogP contribution in [0.4, 0.5) is 5.69 Å². The SMILES string of the molecule is COc1ccc(C(C)(C)C)cc1NC(=S)NCC1CCCO1. The summed E-state index contributed by atoms with van der Waals surface area (Å²) in [7, 11) is 1.67. The van der Waals surface area contributed by atoms with Gasteiger partial charge in [0, 0.05) is 13.2 Å². The van der Waals surface area contributed by atoms with Gasteiger partial charge in [-0.1, -0.05) is 26.8 Å². The molecule has 122 valence electrons. The number of benzene rings is 1. The summed E-state index contributed by atoms with van der Waals surface area (Å²) >= 11 is 5.38. The fourth-order valence-electron chi connectivity index (χ4n) is 2.45. The predicted octanol–water partition coefficient (Wildman–Crippen LogP) is 3.46. The van der Waals surface area contributed by atoms with Gasteiger partial charge >= 0.3 is 0 Å². The van der Waals surface area contributed by atoms with Gasteiger partial charge in [0.25, 0.3) is 0 Å². The first-order valence-electron chi connectivity index (χ1n) is 7.75. The van der Waals surface area contributed by atoms with E-state index in [1.807, 2.05) is 6.07 Å². The van der Waals surface area contributed by atoms with Crippen molar-refractivity contribution in [2.45, 2.75) is 45.1 Å². The minimum atomic E-state index is 0.0788. The Morgan fingerprint density at radius 1 is 1.41 bits per heavy atom. The number of methoxy groups -OCH3 is 1. The molecule has 2 rings (SSSR count). The molecule has 0 amide bonds. The van der Waals surface area contributed by atoms with Gasteiger partial charge in [-0.3, -0.25) is 0 Å². The number of hydrogen-bond donors (Lipinski definition) is 2. The fraction of sp³-hybridized carbons (Fsp3) is 0.588. The average Bonchev–Trinajstić information content (AvgIpc) is 2.97. The van der Waals surface area contributed by atoms with Gasteiger partial charge in [-0.05, 0) is 48.2 Å². The number of rotatable bonds is 4. The van der Waals surface area contributed by atoms with Gasteiger partial charge in [-0.25, -0.2) is 0 Å². The summed E-state index contributed by atoms with van der Waals surface area (Å²) in [6.45, 7) is 8.16. The van der Waals surface area contributed by atoms with Gasteiger partial charge in [-0.2, -0.15) is 0 Å². The zero-order valence-corrected chi connectivity index (χ0v) is 14.7. The van der Waals surface area contributed by atoms with Crippen molar-refractivity contribution < 1.29 is 9.47 Å². The van der Waals surface area contributed by atoms with Gasteiger partial charge in [0.1, 0.15) is 5.75 Å². The molecule has 0 aromatic heterocycles. The van der Waals surface area contributed by atoms with E-state index in [0.29, 0.717) is 5.11 Å². The fourth-order valence-corrected chi connectivity index (χ4v) is 2.64. The van der Waals surface area contributed by atoms with Crippen molar-refractivity contribution in [3.05, 3.63) is 23.8 Å². The Hall–Kier alpha value is -1.33. The molecule has 5 heteroatoms. The number of nitrogens with one attached hydrogen (secondary N) is 2. The molecule has 1 fully saturated rings. The highest BCUT2D eigenvalue weighted by molar-refractivity contribution is 7.80. The maximum absolute atomic E-state index is 5.59. The van der Waals surface area contributed by atoms with E-state index in [2.05, 4.69) is 43.5 Å². The zero-order chi connectivity index (χ0) is 16.2. The van der Waals surface area contributed by atoms with Crippen LogP contribution in [0.2, 0.25) is 0 Å². The lowest BCUT2D eigenvalue weighted by Gasteiger charge is -2.22. The zero-order valence-electron chi connectivity index (χ0n) is 13.9. The average molecular weight is 322 g/mol. The standard InChI is InChI=1S/C17H26N2O2S/c1-17(2,3)12-7-8-15(20-4)14(10-12)19-16(22)18-11-13-6-5-9-21-13/h7-8,10,13H,5-6,9,11H2,1-4H3,(H2,18,19,22). The summed E-state index contributed by atoms with van der Waals surface area (Å²) in [6.07, 6.45) is 2.49. The number of ether oxygens (including phenoxy) is 2. The highest BCUT2D eigenvalue weighted by atomic mass is 32.1. The minimum Gasteiger partial charge on any atom is -0.495 e. The van der Waals surface area contributed by atoms with Crippen LogP contribution in [-0.4, -0.2) is 31.5 Å². The quantitative estimate of drug-likeness (QED) is 0.831. The summed E-state index contributed by atoms with van der Waals surface area (Å²) in [5.41, 5.74) is 2.20. The molecule has 1 heterocycles. The first-order valence-corrected chi connectivity index (χ1v) is 8.16. The molecular formula is C17H26N2O2S. The third-order valence-electron chi connectivity index (χ3n) is 3.83. The Balaban J connectivity index is 2.01. The van der Waals surface area contributed by atoms with Crippen molar-refractivity contribution in [1.82, 2.24) is 5.32 Å². The molecule has 0 saturated carbocycles. The molecule has 0 spiro atoms. The monoisotopic (exact) mass is 322 g/mol. The molecule has 1 saturated heterocycles. The lowest BCUT2D eigenvalue weighted by molar-refractivity contribution is 0.114. The van der Waals surface area contributed by atoms with Crippen molar-refractivity contribution in [3.63, 3.8) is 0 Å². The second kappa shape index (κ2) is 7.29. The van der Waals surface area contributed by atoms with Gasteiger partial charge < -0.3 is 20.1 Å². The topological polar surface area (TPSA) is 42.5 Å². The smallest absolute Gasteiger partial charge is 0.170 e. The van der Waals surface area contributed by atoms with Gasteiger partial charge in [0.05, 0.1) is 18.9 Å². The Morgan fingerprint density at radius 3 is 2.77 bits per heavy atom. The van der Waals surface area contributed by atoms with Crippen molar-refractivity contribution in [3.8, 4) is 5.75 Å². The van der Waals surface area contributed by atoms with Crippen LogP contribution in [0.3, 0.4) is 0 Å². The molecule has 0 bridgehead atoms. The second-order valence-corrected chi connectivity index (χ2v) is 7.04. The van der Waals surface area contributed by atoms with E-state index in [-0.39, 0.29) is 11.5 Å². The Kier molecular flexibility index (Phi) is 5.64. The molecule has 1 aliphatic heterocycles. The van der Waals surface area contributed by atoms with Gasteiger partial charge in [0.15, 0.2) is 5.11 Å². The normalized spacial score (nSPS) is 18.1. The molecule has 0 aliphatic carbocycles. The summed E-state index contributed by atoms with van der Waals surface area (Å²) in [4.78, 5) is 0. The molecule has 4 nitrogen and oxygen atoms in total. The van der Waals surface area contributed by atoms with Crippen LogP contribution in [0, 0.1) is 0 Å². The van der Waals surface area contributed by atoms with Crippen molar-refractivity contribution in [2.24, 2.45) is 0 Å². The molecule has 1 aliphatic rings. The minimum absolute atomic E-state index is 0.0788. The van der Waals surface area contributed by atoms with Crippen LogP contribution in [0.15, 0.2) is 18.2 Å². The van der Waals surface area contributed by atoms with Gasteiger partial charge in [-0.15, -0.1) is 0 Å². The maximum atomic E-state index is 5.59. The Bertz CT molecular complexity index is 520. The molecule has 1 atom stereocenters. The van der Waals surface area contributed by atoms with E-state index in [4.69, 9.17) is 21.7 Å². The summed E-state index contributed by atoms with van der Waals surface area (Å²) in [6, 6.07) is 6.16. The molecule has 2 N–H and O–H groups in total. The van der Waals surface area contributed by atoms with Gasteiger partial charge in [0.2, 0.25) is 0 Å². The van der Waals surface area contributed by atoms with Crippen LogP contribution >= 0.6 is 12.2 Å². The maximum Gasteiger partial charge on any atom is 0.170 e. The molecular weight excluding hydrogens is 296 g/mol. The lowest BCUT2D eigenvalue weighted by Crippen LogP contribution is -2.35. The summed E-state index contributed by atoms with van der Waals surface area (Å²) in [5.74, 6) is 0.786. The largest absolute Gasteiger partial charge is 0.495 e. The third kappa shape index (κ3) is 4.58. The lowest BCUT2D eigenvalue weighted by atomic mass is 9.87. The Morgan fingerprint density at radius 2 is 2.18 bits per heavy atom. The molecule has 1 unspecified atom stereocenters. The number of thiocarbonyl (C=S) groups is 1. The van der Waals surface area contributed by atoms with E-state index in [1.54, 1.807) is 7.11 Å². The van der Waals surface area contributed by atoms with E-state index in [9.17, 15) is 0 Å². The highest BCUT2D eigenvalue weighted by Gasteiger charge is 2.18. The molecule has 0 radical (unpaired) electrons. The highest BCUT2D eigenvalue weighted by Crippen LogP contribution is 2.31. The second-order valence-electron chi connectivity index (χ2n) is 6.64. The third-order valence-corrected chi connectivity index (χ3v) is 4.07. The van der Waals surface area contributed by atoms with Crippen molar-refractivity contribution in [2.75, 3.05) is 25.6 Å². The predicted molar refractivity (Wildman–Crippen MR) is 94.9 cm³/mol. The van der Waals surface area contributed by atoms with Crippen LogP contribution in [-0.2, 0) is 10.2 Å². The van der Waals surface area contributed by atoms with E-state index in [0.717, 1.165) is 37.4 Å². The van der Waals surface area contributed by atoms with Crippen molar-refractivity contribution in [1.29, 1.82) is 0 Å². The number of anilines is 1. The van der Waals surface area contributed by atoms with E-state index >= 15 is 0 Å². The van der Waals surface area contributed by atoms with E-state index in [1.165, 1.54) is 5.56 Å². The van der Waals surface area contributed by atoms with Crippen molar-refractivity contribution >= 4 is 23.0 Å². The molecule has 22 heavy (non-hydrogen) atoms. The first-order chi connectivity index (χ1) is 10.4. The van der Waals surface area contributed by atoms with Crippen LogP contribution < -0.4 is 15.4 Å². The van der Waals surface area contributed by atoms with Crippen LogP contribution in [0.25, 0.3) is 0 Å².